The first-order valence-electron chi connectivity index (χ1n) is 2.92. The lowest BCUT2D eigenvalue weighted by Gasteiger charge is -2.04. The molecule has 1 aromatic heterocycles. The van der Waals surface area contributed by atoms with Crippen molar-refractivity contribution in [2.75, 3.05) is 5.73 Å². The molecule has 6 heteroatoms. The van der Waals surface area contributed by atoms with E-state index in [0.29, 0.717) is 13.0 Å². The minimum absolute atomic E-state index is 0.200. The Labute approximate surface area is 95.2 Å². The lowest BCUT2D eigenvalue weighted by atomic mass is 10.3. The summed E-state index contributed by atoms with van der Waals surface area (Å²) in [6, 6.07) is 1.50. The average molecular weight is 396 g/mol. The molecule has 0 atom stereocenters. The number of halogens is 4. The SMILES string of the molecule is Nc1cc(I)c(C(F)F)nc1I. The molecule has 0 saturated carbocycles. The summed E-state index contributed by atoms with van der Waals surface area (Å²) in [6.45, 7) is 0. The maximum atomic E-state index is 12.2. The third-order valence-corrected chi connectivity index (χ3v) is 2.92. The molecule has 0 aliphatic heterocycles. The molecule has 1 rings (SSSR count). The maximum Gasteiger partial charge on any atom is 0.281 e. The summed E-state index contributed by atoms with van der Waals surface area (Å²) in [5, 5.41) is 0. The Balaban J connectivity index is 3.23. The molecule has 0 unspecified atom stereocenters. The third-order valence-electron chi connectivity index (χ3n) is 1.19. The number of aromatic nitrogens is 1. The van der Waals surface area contributed by atoms with Gasteiger partial charge in [0.1, 0.15) is 9.39 Å². The number of anilines is 1. The van der Waals surface area contributed by atoms with Crippen LogP contribution < -0.4 is 5.73 Å². The number of nitrogen functional groups attached to an aromatic ring is 1. The predicted octanol–water partition coefficient (Wildman–Crippen LogP) is 2.81. The minimum atomic E-state index is -2.54. The quantitative estimate of drug-likeness (QED) is 0.586. The van der Waals surface area contributed by atoms with E-state index in [1.807, 2.05) is 22.6 Å². The van der Waals surface area contributed by atoms with Crippen LogP contribution in [0.3, 0.4) is 0 Å². The van der Waals surface area contributed by atoms with Crippen molar-refractivity contribution >= 4 is 50.9 Å². The highest BCUT2D eigenvalue weighted by Crippen LogP contribution is 2.26. The minimum Gasteiger partial charge on any atom is -0.397 e. The summed E-state index contributed by atoms with van der Waals surface area (Å²) in [4.78, 5) is 3.68. The first-order valence-corrected chi connectivity index (χ1v) is 5.07. The van der Waals surface area contributed by atoms with Gasteiger partial charge in [0.2, 0.25) is 0 Å². The van der Waals surface area contributed by atoms with Gasteiger partial charge in [0.25, 0.3) is 6.43 Å². The van der Waals surface area contributed by atoms with Gasteiger partial charge in [-0.2, -0.15) is 0 Å². The van der Waals surface area contributed by atoms with Gasteiger partial charge in [0.15, 0.2) is 0 Å². The number of pyridine rings is 1. The highest BCUT2D eigenvalue weighted by molar-refractivity contribution is 14.1. The van der Waals surface area contributed by atoms with E-state index in [2.05, 4.69) is 4.98 Å². The van der Waals surface area contributed by atoms with Gasteiger partial charge in [-0.1, -0.05) is 0 Å². The number of nitrogens with zero attached hydrogens (tertiary/aromatic N) is 1. The summed E-state index contributed by atoms with van der Waals surface area (Å²) in [5.74, 6) is 0. The predicted molar refractivity (Wildman–Crippen MR) is 59.0 cm³/mol. The van der Waals surface area contributed by atoms with Crippen LogP contribution in [0.5, 0.6) is 0 Å². The average Bonchev–Trinajstić information content (AvgIpc) is 1.96. The zero-order valence-corrected chi connectivity index (χ0v) is 10.0. The van der Waals surface area contributed by atoms with E-state index in [4.69, 9.17) is 5.73 Å². The van der Waals surface area contributed by atoms with E-state index >= 15 is 0 Å². The first kappa shape index (κ1) is 10.4. The topological polar surface area (TPSA) is 38.9 Å². The van der Waals surface area contributed by atoms with Crippen molar-refractivity contribution < 1.29 is 8.78 Å². The summed E-state index contributed by atoms with van der Waals surface area (Å²) in [5.41, 5.74) is 5.70. The Bertz CT molecular complexity index is 304. The highest BCUT2D eigenvalue weighted by Gasteiger charge is 2.15. The van der Waals surface area contributed by atoms with Gasteiger partial charge < -0.3 is 5.73 Å². The first-order chi connectivity index (χ1) is 5.52. The fraction of sp³-hybridized carbons (Fsp3) is 0.167. The zero-order chi connectivity index (χ0) is 9.30. The molecule has 1 aromatic rings. The third kappa shape index (κ3) is 2.15. The van der Waals surface area contributed by atoms with Gasteiger partial charge in [0.05, 0.1) is 5.69 Å². The molecule has 0 amide bonds. The van der Waals surface area contributed by atoms with Crippen LogP contribution in [0.15, 0.2) is 6.07 Å². The van der Waals surface area contributed by atoms with E-state index < -0.39 is 6.43 Å². The van der Waals surface area contributed by atoms with Crippen LogP contribution in [0.1, 0.15) is 12.1 Å². The molecular formula is C6H4F2I2N2. The number of alkyl halides is 2. The summed E-state index contributed by atoms with van der Waals surface area (Å²) >= 11 is 3.62. The van der Waals surface area contributed by atoms with Crippen LogP contribution in [0.4, 0.5) is 14.5 Å². The number of hydrogen-bond acceptors (Lipinski definition) is 2. The second-order valence-corrected chi connectivity index (χ2v) is 4.22. The van der Waals surface area contributed by atoms with E-state index in [9.17, 15) is 8.78 Å². The molecule has 66 valence electrons. The van der Waals surface area contributed by atoms with Gasteiger partial charge >= 0.3 is 0 Å². The van der Waals surface area contributed by atoms with Crippen molar-refractivity contribution in [1.82, 2.24) is 4.98 Å². The van der Waals surface area contributed by atoms with Gasteiger partial charge in [-0.15, -0.1) is 0 Å². The van der Waals surface area contributed by atoms with Crippen molar-refractivity contribution in [3.05, 3.63) is 19.0 Å². The molecule has 0 bridgehead atoms. The largest absolute Gasteiger partial charge is 0.397 e. The Hall–Kier alpha value is 0.270. The van der Waals surface area contributed by atoms with Crippen LogP contribution in [0.25, 0.3) is 0 Å². The molecule has 0 spiro atoms. The number of rotatable bonds is 1. The van der Waals surface area contributed by atoms with E-state index in [1.54, 1.807) is 22.6 Å². The second-order valence-electron chi connectivity index (χ2n) is 2.04. The maximum absolute atomic E-state index is 12.2. The van der Waals surface area contributed by atoms with Gasteiger partial charge in [0, 0.05) is 3.57 Å². The van der Waals surface area contributed by atoms with Gasteiger partial charge in [-0.25, -0.2) is 13.8 Å². The lowest BCUT2D eigenvalue weighted by Crippen LogP contribution is -2.00. The number of hydrogen-bond donors (Lipinski definition) is 1. The summed E-state index contributed by atoms with van der Waals surface area (Å²) in [6.07, 6.45) is -2.54. The molecule has 0 saturated heterocycles. The Morgan fingerprint density at radius 1 is 1.42 bits per heavy atom. The monoisotopic (exact) mass is 396 g/mol. The molecule has 0 aromatic carbocycles. The zero-order valence-electron chi connectivity index (χ0n) is 5.69. The molecular weight excluding hydrogens is 392 g/mol. The molecule has 2 N–H and O–H groups in total. The van der Waals surface area contributed by atoms with Crippen LogP contribution in [0.2, 0.25) is 0 Å². The van der Waals surface area contributed by atoms with Crippen molar-refractivity contribution in [3.8, 4) is 0 Å². The molecule has 1 heterocycles. The van der Waals surface area contributed by atoms with Crippen molar-refractivity contribution in [1.29, 1.82) is 0 Å². The summed E-state index contributed by atoms with van der Waals surface area (Å²) in [7, 11) is 0. The molecule has 0 aliphatic carbocycles. The van der Waals surface area contributed by atoms with E-state index in [0.717, 1.165) is 0 Å². The normalized spacial score (nSPS) is 10.8. The Kier molecular flexibility index (Phi) is 3.44. The van der Waals surface area contributed by atoms with Gasteiger partial charge in [-0.3, -0.25) is 0 Å². The van der Waals surface area contributed by atoms with Crippen molar-refractivity contribution in [2.24, 2.45) is 0 Å². The highest BCUT2D eigenvalue weighted by atomic mass is 127. The standard InChI is InChI=1S/C6H4F2I2N2/c7-5(8)4-2(9)1-3(11)6(10)12-4/h1,5H,11H2. The van der Waals surface area contributed by atoms with Gasteiger partial charge in [-0.05, 0) is 51.2 Å². The van der Waals surface area contributed by atoms with Crippen molar-refractivity contribution in [3.63, 3.8) is 0 Å². The Morgan fingerprint density at radius 2 is 2.00 bits per heavy atom. The second kappa shape index (κ2) is 3.99. The number of nitrogens with two attached hydrogens (primary N) is 1. The molecule has 0 fully saturated rings. The van der Waals surface area contributed by atoms with E-state index in [1.165, 1.54) is 6.07 Å². The smallest absolute Gasteiger partial charge is 0.281 e. The van der Waals surface area contributed by atoms with Crippen LogP contribution in [0, 0.1) is 7.27 Å². The van der Waals surface area contributed by atoms with Crippen molar-refractivity contribution in [2.45, 2.75) is 6.43 Å². The fourth-order valence-electron chi connectivity index (χ4n) is 0.647. The van der Waals surface area contributed by atoms with Crippen LogP contribution in [-0.4, -0.2) is 4.98 Å². The molecule has 0 aliphatic rings. The molecule has 2 nitrogen and oxygen atoms in total. The molecule has 12 heavy (non-hydrogen) atoms. The van der Waals surface area contributed by atoms with E-state index in [-0.39, 0.29) is 5.69 Å². The summed E-state index contributed by atoms with van der Waals surface area (Å²) < 4.78 is 25.3. The van der Waals surface area contributed by atoms with Crippen LogP contribution >= 0.6 is 45.2 Å². The Morgan fingerprint density at radius 3 is 2.50 bits per heavy atom. The lowest BCUT2D eigenvalue weighted by molar-refractivity contribution is 0.145. The molecule has 0 radical (unpaired) electrons. The van der Waals surface area contributed by atoms with Crippen LogP contribution in [-0.2, 0) is 0 Å². The fourth-order valence-corrected chi connectivity index (χ4v) is 1.75.